The van der Waals surface area contributed by atoms with Crippen molar-refractivity contribution in [2.75, 3.05) is 6.54 Å². The van der Waals surface area contributed by atoms with Gasteiger partial charge in [-0.3, -0.25) is 4.79 Å². The highest BCUT2D eigenvalue weighted by Crippen LogP contribution is 2.04. The van der Waals surface area contributed by atoms with Crippen molar-refractivity contribution in [2.45, 2.75) is 18.9 Å². The third kappa shape index (κ3) is 4.05. The van der Waals surface area contributed by atoms with Crippen molar-refractivity contribution in [3.63, 3.8) is 0 Å². The third-order valence-electron chi connectivity index (χ3n) is 1.31. The number of hydrogen-bond acceptors (Lipinski definition) is 3. The summed E-state index contributed by atoms with van der Waals surface area (Å²) < 4.78 is 12.7. The van der Waals surface area contributed by atoms with E-state index in [0.717, 1.165) is 6.08 Å². The molecule has 0 bridgehead atoms. The Kier molecular flexibility index (Phi) is 5.23. The Morgan fingerprint density at radius 1 is 1.67 bits per heavy atom. The number of allylic oxidation sites excluding steroid dienone is 1. The first-order chi connectivity index (χ1) is 5.59. The number of halogens is 1. The molecular formula is C7H13FN2O2. The molecule has 0 amide bonds. The van der Waals surface area contributed by atoms with E-state index in [1.807, 2.05) is 0 Å². The number of carboxylic acid groups (broad SMARTS) is 1. The minimum atomic E-state index is -1.54. The van der Waals surface area contributed by atoms with E-state index in [2.05, 4.69) is 0 Å². The number of unbranched alkanes of at least 4 members (excludes halogenated alkanes) is 1. The van der Waals surface area contributed by atoms with Gasteiger partial charge in [-0.25, -0.2) is 4.39 Å². The lowest BCUT2D eigenvalue weighted by atomic mass is 10.2. The summed E-state index contributed by atoms with van der Waals surface area (Å²) in [6.45, 7) is 0.450. The summed E-state index contributed by atoms with van der Waals surface area (Å²) in [5, 5.41) is 8.28. The number of rotatable bonds is 5. The zero-order valence-corrected chi connectivity index (χ0v) is 6.66. The molecular weight excluding hydrogens is 163 g/mol. The fraction of sp³-hybridized carbons (Fsp3) is 0.571. The molecule has 0 aromatic heterocycles. The zero-order valence-electron chi connectivity index (χ0n) is 6.66. The molecule has 0 aliphatic rings. The van der Waals surface area contributed by atoms with Crippen LogP contribution in [-0.4, -0.2) is 23.7 Å². The fourth-order valence-corrected chi connectivity index (χ4v) is 0.603. The van der Waals surface area contributed by atoms with E-state index in [1.54, 1.807) is 0 Å². The second kappa shape index (κ2) is 5.68. The second-order valence-electron chi connectivity index (χ2n) is 2.34. The van der Waals surface area contributed by atoms with Gasteiger partial charge in [-0.1, -0.05) is 6.08 Å². The van der Waals surface area contributed by atoms with Crippen LogP contribution in [0.3, 0.4) is 0 Å². The smallest absolute Gasteiger partial charge is 0.327 e. The zero-order chi connectivity index (χ0) is 9.56. The number of carbonyl (C=O) groups is 1. The standard InChI is InChI=1S/C7H13FN2O2/c8-5(3-1-2-4-9)6(10)7(11)12/h3,6H,1-2,4,9-10H2,(H,11,12)/b5-3+. The first-order valence-corrected chi connectivity index (χ1v) is 3.63. The first-order valence-electron chi connectivity index (χ1n) is 3.63. The summed E-state index contributed by atoms with van der Waals surface area (Å²) >= 11 is 0. The highest BCUT2D eigenvalue weighted by molar-refractivity contribution is 5.76. The van der Waals surface area contributed by atoms with Gasteiger partial charge in [0.05, 0.1) is 0 Å². The van der Waals surface area contributed by atoms with E-state index < -0.39 is 17.8 Å². The molecule has 1 unspecified atom stereocenters. The van der Waals surface area contributed by atoms with Crippen molar-refractivity contribution >= 4 is 5.97 Å². The fourth-order valence-electron chi connectivity index (χ4n) is 0.603. The van der Waals surface area contributed by atoms with Crippen LogP contribution in [0.2, 0.25) is 0 Å². The lowest BCUT2D eigenvalue weighted by molar-refractivity contribution is -0.137. The highest BCUT2D eigenvalue weighted by atomic mass is 19.1. The molecule has 0 spiro atoms. The van der Waals surface area contributed by atoms with Crippen LogP contribution in [0.1, 0.15) is 12.8 Å². The SMILES string of the molecule is NCCC/C=C(/F)C(N)C(=O)O. The summed E-state index contributed by atoms with van der Waals surface area (Å²) in [5.41, 5.74) is 10.1. The van der Waals surface area contributed by atoms with Crippen molar-refractivity contribution < 1.29 is 14.3 Å². The maximum atomic E-state index is 12.7. The van der Waals surface area contributed by atoms with Gasteiger partial charge in [-0.2, -0.15) is 0 Å². The summed E-state index contributed by atoms with van der Waals surface area (Å²) in [7, 11) is 0. The van der Waals surface area contributed by atoms with E-state index in [0.29, 0.717) is 19.4 Å². The van der Waals surface area contributed by atoms with Crippen molar-refractivity contribution in [2.24, 2.45) is 11.5 Å². The first kappa shape index (κ1) is 11.1. The van der Waals surface area contributed by atoms with Crippen LogP contribution in [0.15, 0.2) is 11.9 Å². The van der Waals surface area contributed by atoms with Crippen molar-refractivity contribution in [3.05, 3.63) is 11.9 Å². The Hall–Kier alpha value is -0.940. The van der Waals surface area contributed by atoms with Gasteiger partial charge in [-0.05, 0) is 19.4 Å². The number of aliphatic carboxylic acids is 1. The van der Waals surface area contributed by atoms with Gasteiger partial charge >= 0.3 is 5.97 Å². The largest absolute Gasteiger partial charge is 0.480 e. The lowest BCUT2D eigenvalue weighted by Crippen LogP contribution is -2.30. The van der Waals surface area contributed by atoms with Crippen LogP contribution in [0, 0.1) is 0 Å². The van der Waals surface area contributed by atoms with Crippen molar-refractivity contribution in [3.8, 4) is 0 Å². The quantitative estimate of drug-likeness (QED) is 0.514. The molecule has 4 nitrogen and oxygen atoms in total. The molecule has 0 aromatic carbocycles. The Morgan fingerprint density at radius 3 is 2.67 bits per heavy atom. The van der Waals surface area contributed by atoms with Gasteiger partial charge in [0.1, 0.15) is 5.83 Å². The molecule has 70 valence electrons. The molecule has 12 heavy (non-hydrogen) atoms. The maximum absolute atomic E-state index is 12.7. The molecule has 0 saturated heterocycles. The molecule has 5 N–H and O–H groups in total. The second-order valence-corrected chi connectivity index (χ2v) is 2.34. The Balaban J connectivity index is 3.90. The van der Waals surface area contributed by atoms with Gasteiger partial charge < -0.3 is 16.6 Å². The molecule has 0 heterocycles. The Labute approximate surface area is 70.0 Å². The van der Waals surface area contributed by atoms with Crippen LogP contribution in [0.5, 0.6) is 0 Å². The summed E-state index contributed by atoms with van der Waals surface area (Å²) in [5.74, 6) is -2.17. The number of hydrogen-bond donors (Lipinski definition) is 3. The summed E-state index contributed by atoms with van der Waals surface area (Å²) in [6.07, 6.45) is 2.20. The third-order valence-corrected chi connectivity index (χ3v) is 1.31. The predicted octanol–water partition coefficient (Wildman–Crippen LogP) is -0.00940. The normalized spacial score (nSPS) is 14.4. The van der Waals surface area contributed by atoms with Crippen LogP contribution in [0.25, 0.3) is 0 Å². The molecule has 0 radical (unpaired) electrons. The van der Waals surface area contributed by atoms with Gasteiger partial charge in [0.25, 0.3) is 0 Å². The molecule has 0 fully saturated rings. The van der Waals surface area contributed by atoms with Crippen LogP contribution >= 0.6 is 0 Å². The maximum Gasteiger partial charge on any atom is 0.327 e. The molecule has 0 saturated carbocycles. The van der Waals surface area contributed by atoms with E-state index in [9.17, 15) is 9.18 Å². The van der Waals surface area contributed by atoms with Crippen LogP contribution < -0.4 is 11.5 Å². The van der Waals surface area contributed by atoms with Gasteiger partial charge in [0, 0.05) is 0 Å². The van der Waals surface area contributed by atoms with Crippen molar-refractivity contribution in [1.29, 1.82) is 0 Å². The molecule has 0 aliphatic carbocycles. The minimum Gasteiger partial charge on any atom is -0.480 e. The minimum absolute atomic E-state index is 0.420. The highest BCUT2D eigenvalue weighted by Gasteiger charge is 2.16. The Bertz CT molecular complexity index is 182. The van der Waals surface area contributed by atoms with E-state index in [-0.39, 0.29) is 0 Å². The van der Waals surface area contributed by atoms with E-state index >= 15 is 0 Å². The predicted molar refractivity (Wildman–Crippen MR) is 43.1 cm³/mol. The van der Waals surface area contributed by atoms with Gasteiger partial charge in [0.15, 0.2) is 6.04 Å². The summed E-state index contributed by atoms with van der Waals surface area (Å²) in [4.78, 5) is 10.1. The van der Waals surface area contributed by atoms with Crippen LogP contribution in [-0.2, 0) is 4.79 Å². The molecule has 5 heteroatoms. The number of carboxylic acids is 1. The average molecular weight is 176 g/mol. The average Bonchev–Trinajstić information content (AvgIpc) is 2.03. The monoisotopic (exact) mass is 176 g/mol. The number of nitrogens with two attached hydrogens (primary N) is 2. The molecule has 1 atom stereocenters. The molecule has 0 rings (SSSR count). The lowest BCUT2D eigenvalue weighted by Gasteiger charge is -2.01. The van der Waals surface area contributed by atoms with Crippen molar-refractivity contribution in [1.82, 2.24) is 0 Å². The van der Waals surface area contributed by atoms with Gasteiger partial charge in [-0.15, -0.1) is 0 Å². The van der Waals surface area contributed by atoms with E-state index in [1.165, 1.54) is 0 Å². The summed E-state index contributed by atoms with van der Waals surface area (Å²) in [6, 6.07) is -1.54. The Morgan fingerprint density at radius 2 is 2.25 bits per heavy atom. The van der Waals surface area contributed by atoms with Gasteiger partial charge in [0.2, 0.25) is 0 Å². The topological polar surface area (TPSA) is 89.3 Å². The molecule has 0 aromatic rings. The van der Waals surface area contributed by atoms with E-state index in [4.69, 9.17) is 16.6 Å². The molecule has 0 aliphatic heterocycles. The van der Waals surface area contributed by atoms with Crippen LogP contribution in [0.4, 0.5) is 4.39 Å².